The molecule has 0 saturated heterocycles. The predicted octanol–water partition coefficient (Wildman–Crippen LogP) is 3.35. The number of hydrogen-bond donors (Lipinski definition) is 2. The minimum absolute atomic E-state index is 0.205. The van der Waals surface area contributed by atoms with Crippen LogP contribution in [-0.4, -0.2) is 30.9 Å². The van der Waals surface area contributed by atoms with E-state index in [0.29, 0.717) is 31.5 Å². The minimum Gasteiger partial charge on any atom is -0.478 e. The molecule has 0 amide bonds. The third-order valence-corrected chi connectivity index (χ3v) is 4.29. The van der Waals surface area contributed by atoms with Gasteiger partial charge in [0.2, 0.25) is 5.88 Å². The highest BCUT2D eigenvalue weighted by molar-refractivity contribution is 7.97. The van der Waals surface area contributed by atoms with Crippen molar-refractivity contribution in [1.29, 1.82) is 0 Å². The molecule has 0 aliphatic heterocycles. The first-order valence-corrected chi connectivity index (χ1v) is 9.84. The van der Waals surface area contributed by atoms with E-state index in [-0.39, 0.29) is 5.82 Å². The van der Waals surface area contributed by atoms with Crippen molar-refractivity contribution >= 4 is 17.7 Å². The molecule has 2 rings (SSSR count). The molecule has 0 bridgehead atoms. The Morgan fingerprint density at radius 3 is 2.73 bits per heavy atom. The van der Waals surface area contributed by atoms with Gasteiger partial charge in [0.05, 0.1) is 6.61 Å². The molecule has 0 aliphatic rings. The van der Waals surface area contributed by atoms with Crippen molar-refractivity contribution in [1.82, 2.24) is 15.6 Å². The molecule has 140 valence electrons. The molecule has 0 saturated carbocycles. The van der Waals surface area contributed by atoms with Crippen LogP contribution in [0.5, 0.6) is 5.88 Å². The highest BCUT2D eigenvalue weighted by Crippen LogP contribution is 2.16. The van der Waals surface area contributed by atoms with Gasteiger partial charge in [0.25, 0.3) is 0 Å². The molecule has 0 aliphatic carbocycles. The second kappa shape index (κ2) is 10.7. The summed E-state index contributed by atoms with van der Waals surface area (Å²) in [5.74, 6) is 1.86. The molecule has 0 radical (unpaired) electrons. The van der Waals surface area contributed by atoms with Gasteiger partial charge in [-0.25, -0.2) is 9.37 Å². The Kier molecular flexibility index (Phi) is 8.21. The van der Waals surface area contributed by atoms with Crippen LogP contribution in [0.4, 0.5) is 4.39 Å². The van der Waals surface area contributed by atoms with E-state index >= 15 is 0 Å². The summed E-state index contributed by atoms with van der Waals surface area (Å²) in [5, 5.41) is 6.54. The Labute approximate surface area is 158 Å². The van der Waals surface area contributed by atoms with Gasteiger partial charge in [-0.05, 0) is 48.1 Å². The maximum absolute atomic E-state index is 13.5. The van der Waals surface area contributed by atoms with E-state index in [1.54, 1.807) is 31.1 Å². The van der Waals surface area contributed by atoms with Crippen molar-refractivity contribution in [2.24, 2.45) is 4.99 Å². The maximum atomic E-state index is 13.5. The quantitative estimate of drug-likeness (QED) is 0.547. The summed E-state index contributed by atoms with van der Waals surface area (Å²) >= 11 is 1.67. The SMILES string of the molecule is CCOc1cc(CNC(=NC)NCc2ccc(F)cc2CSC)ccn1. The van der Waals surface area contributed by atoms with E-state index in [2.05, 4.69) is 20.6 Å². The highest BCUT2D eigenvalue weighted by Gasteiger charge is 2.06. The van der Waals surface area contributed by atoms with Gasteiger partial charge in [0, 0.05) is 38.2 Å². The number of rotatable bonds is 8. The first kappa shape index (κ1) is 20.0. The van der Waals surface area contributed by atoms with Gasteiger partial charge in [-0.15, -0.1) is 0 Å². The zero-order valence-electron chi connectivity index (χ0n) is 15.4. The van der Waals surface area contributed by atoms with Crippen LogP contribution in [0.25, 0.3) is 0 Å². The summed E-state index contributed by atoms with van der Waals surface area (Å²) in [6.07, 6.45) is 3.74. The summed E-state index contributed by atoms with van der Waals surface area (Å²) in [4.78, 5) is 8.40. The topological polar surface area (TPSA) is 58.5 Å². The molecule has 0 unspecified atom stereocenters. The van der Waals surface area contributed by atoms with Crippen molar-refractivity contribution in [3.05, 3.63) is 59.0 Å². The number of ether oxygens (including phenoxy) is 1. The second-order valence-corrected chi connectivity index (χ2v) is 6.43. The number of nitrogens with one attached hydrogen (secondary N) is 2. The average molecular weight is 377 g/mol. The van der Waals surface area contributed by atoms with E-state index in [1.165, 1.54) is 6.07 Å². The van der Waals surface area contributed by atoms with Crippen LogP contribution in [0, 0.1) is 5.82 Å². The molecule has 2 aromatic rings. The molecule has 0 fully saturated rings. The van der Waals surface area contributed by atoms with Crippen molar-refractivity contribution < 1.29 is 9.13 Å². The number of aromatic nitrogens is 1. The number of benzene rings is 1. The maximum Gasteiger partial charge on any atom is 0.213 e. The van der Waals surface area contributed by atoms with Crippen LogP contribution in [0.1, 0.15) is 23.6 Å². The monoisotopic (exact) mass is 376 g/mol. The molecule has 0 spiro atoms. The van der Waals surface area contributed by atoms with Gasteiger partial charge >= 0.3 is 0 Å². The van der Waals surface area contributed by atoms with Crippen molar-refractivity contribution in [2.45, 2.75) is 25.8 Å². The zero-order chi connectivity index (χ0) is 18.8. The first-order chi connectivity index (χ1) is 12.7. The number of thioether (sulfide) groups is 1. The van der Waals surface area contributed by atoms with Gasteiger partial charge in [0.15, 0.2) is 5.96 Å². The normalized spacial score (nSPS) is 11.3. The fourth-order valence-corrected chi connectivity index (χ4v) is 3.01. The number of hydrogen-bond acceptors (Lipinski definition) is 4. The molecule has 1 aromatic heterocycles. The number of aliphatic imine (C=N–C) groups is 1. The van der Waals surface area contributed by atoms with Crippen LogP contribution in [0.2, 0.25) is 0 Å². The first-order valence-electron chi connectivity index (χ1n) is 8.44. The largest absolute Gasteiger partial charge is 0.478 e. The zero-order valence-corrected chi connectivity index (χ0v) is 16.2. The van der Waals surface area contributed by atoms with E-state index in [9.17, 15) is 4.39 Å². The van der Waals surface area contributed by atoms with Crippen LogP contribution in [0.3, 0.4) is 0 Å². The van der Waals surface area contributed by atoms with E-state index in [4.69, 9.17) is 4.74 Å². The van der Waals surface area contributed by atoms with Gasteiger partial charge < -0.3 is 15.4 Å². The smallest absolute Gasteiger partial charge is 0.213 e. The van der Waals surface area contributed by atoms with Gasteiger partial charge in [-0.2, -0.15) is 11.8 Å². The molecular weight excluding hydrogens is 351 g/mol. The Hall–Kier alpha value is -2.28. The average Bonchev–Trinajstić information content (AvgIpc) is 2.64. The van der Waals surface area contributed by atoms with Crippen molar-refractivity contribution in [3.63, 3.8) is 0 Å². The van der Waals surface area contributed by atoms with Crippen LogP contribution in [-0.2, 0) is 18.8 Å². The molecular formula is C19H25FN4OS. The van der Waals surface area contributed by atoms with E-state index in [0.717, 1.165) is 22.4 Å². The lowest BCUT2D eigenvalue weighted by atomic mass is 10.1. The molecule has 7 heteroatoms. The molecule has 26 heavy (non-hydrogen) atoms. The lowest BCUT2D eigenvalue weighted by Crippen LogP contribution is -2.36. The molecule has 5 nitrogen and oxygen atoms in total. The molecule has 1 heterocycles. The summed E-state index contributed by atoms with van der Waals surface area (Å²) in [7, 11) is 1.72. The van der Waals surface area contributed by atoms with Gasteiger partial charge in [-0.1, -0.05) is 6.07 Å². The lowest BCUT2D eigenvalue weighted by Gasteiger charge is -2.14. The Morgan fingerprint density at radius 2 is 2.00 bits per heavy atom. The number of guanidine groups is 1. The van der Waals surface area contributed by atoms with Crippen LogP contribution < -0.4 is 15.4 Å². The summed E-state index contributed by atoms with van der Waals surface area (Å²) in [6.45, 7) is 3.70. The lowest BCUT2D eigenvalue weighted by molar-refractivity contribution is 0.326. The summed E-state index contributed by atoms with van der Waals surface area (Å²) in [5.41, 5.74) is 3.11. The number of pyridine rings is 1. The molecule has 2 N–H and O–H groups in total. The highest BCUT2D eigenvalue weighted by atomic mass is 32.2. The van der Waals surface area contributed by atoms with Gasteiger partial charge in [0.1, 0.15) is 5.82 Å². The van der Waals surface area contributed by atoms with Crippen molar-refractivity contribution in [3.8, 4) is 5.88 Å². The van der Waals surface area contributed by atoms with Crippen molar-refractivity contribution in [2.75, 3.05) is 19.9 Å². The standard InChI is InChI=1S/C19H25FN4OS/c1-4-25-18-9-14(7-8-22-18)11-23-19(21-2)24-12-15-5-6-17(20)10-16(15)13-26-3/h5-10H,4,11-13H2,1-3H3,(H2,21,23,24). The predicted molar refractivity (Wildman–Crippen MR) is 106 cm³/mol. The fourth-order valence-electron chi connectivity index (χ4n) is 2.43. The summed E-state index contributed by atoms with van der Waals surface area (Å²) in [6, 6.07) is 8.73. The number of halogens is 1. The second-order valence-electron chi connectivity index (χ2n) is 5.56. The fraction of sp³-hybridized carbons (Fsp3) is 0.368. The van der Waals surface area contributed by atoms with E-state index < -0.39 is 0 Å². The van der Waals surface area contributed by atoms with Crippen LogP contribution in [0.15, 0.2) is 41.5 Å². The van der Waals surface area contributed by atoms with Crippen LogP contribution >= 0.6 is 11.8 Å². The Balaban J connectivity index is 1.93. The Bertz CT molecular complexity index is 739. The van der Waals surface area contributed by atoms with Gasteiger partial charge in [-0.3, -0.25) is 4.99 Å². The molecule has 0 atom stereocenters. The molecule has 1 aromatic carbocycles. The Morgan fingerprint density at radius 1 is 1.19 bits per heavy atom. The number of nitrogens with zero attached hydrogens (tertiary/aromatic N) is 2. The minimum atomic E-state index is -0.205. The third kappa shape index (κ3) is 6.22. The third-order valence-electron chi connectivity index (χ3n) is 3.69. The summed E-state index contributed by atoms with van der Waals surface area (Å²) < 4.78 is 18.9. The van der Waals surface area contributed by atoms with E-state index in [1.807, 2.05) is 31.4 Å².